The number of carbonyl (C=O) groups excluding carboxylic acids is 3. The van der Waals surface area contributed by atoms with Crippen LogP contribution in [0.15, 0.2) is 35.5 Å². The standard InChI is InChI=1S/C27H32N4O3S/c1-31(2)27(34)23-14-29-25(15-28-23)30-26(33)22(12-16-3-7-19(32)11-16)18-6-10-24(35-20-8-9-20)21(13-18)17-4-5-17/h6,10,13-17,20,22H,3-5,7-9,11-12H2,1-2H3,(H,29,30,33)/t16-,22+/m0/s1. The molecule has 2 atom stereocenters. The number of ketones is 1. The largest absolute Gasteiger partial charge is 0.343 e. The first-order chi connectivity index (χ1) is 16.9. The van der Waals surface area contributed by atoms with Crippen LogP contribution in [0, 0.1) is 5.92 Å². The third-order valence-corrected chi connectivity index (χ3v) is 8.46. The summed E-state index contributed by atoms with van der Waals surface area (Å²) in [7, 11) is 3.31. The number of nitrogens with one attached hydrogen (secondary N) is 1. The maximum atomic E-state index is 13.5. The molecule has 2 aromatic rings. The average molecular weight is 493 g/mol. The highest BCUT2D eigenvalue weighted by Gasteiger charge is 2.33. The lowest BCUT2D eigenvalue weighted by Crippen LogP contribution is -2.25. The SMILES string of the molecule is CN(C)C(=O)c1cnc(NC(=O)[C@H](C[C@H]2CCC(=O)C2)c2ccc(SC3CC3)c(C3CC3)c2)cn1. The van der Waals surface area contributed by atoms with Gasteiger partial charge in [0.05, 0.1) is 18.3 Å². The van der Waals surface area contributed by atoms with Gasteiger partial charge in [0.25, 0.3) is 5.91 Å². The smallest absolute Gasteiger partial charge is 0.273 e. The molecule has 3 aliphatic rings. The Labute approximate surface area is 210 Å². The van der Waals surface area contributed by atoms with Crippen molar-refractivity contribution in [1.82, 2.24) is 14.9 Å². The van der Waals surface area contributed by atoms with Gasteiger partial charge in [-0.15, -0.1) is 11.8 Å². The summed E-state index contributed by atoms with van der Waals surface area (Å²) in [6.07, 6.45) is 10.5. The molecule has 3 saturated carbocycles. The Kier molecular flexibility index (Phi) is 6.91. The van der Waals surface area contributed by atoms with Crippen molar-refractivity contribution in [2.45, 2.75) is 73.3 Å². The molecule has 3 aliphatic carbocycles. The second kappa shape index (κ2) is 10.1. The lowest BCUT2D eigenvalue weighted by atomic mass is 9.86. The molecule has 1 N–H and O–H groups in total. The Balaban J connectivity index is 1.37. The van der Waals surface area contributed by atoms with Gasteiger partial charge in [-0.1, -0.05) is 12.1 Å². The minimum Gasteiger partial charge on any atom is -0.343 e. The number of anilines is 1. The molecule has 3 fully saturated rings. The molecule has 5 rings (SSSR count). The number of amides is 2. The molecule has 184 valence electrons. The van der Waals surface area contributed by atoms with Crippen molar-refractivity contribution in [3.05, 3.63) is 47.4 Å². The van der Waals surface area contributed by atoms with Gasteiger partial charge in [0.1, 0.15) is 11.5 Å². The van der Waals surface area contributed by atoms with Crippen molar-refractivity contribution < 1.29 is 14.4 Å². The highest BCUT2D eigenvalue weighted by atomic mass is 32.2. The fourth-order valence-corrected chi connectivity index (χ4v) is 5.97. The normalized spacial score (nSPS) is 20.5. The van der Waals surface area contributed by atoms with E-state index in [1.807, 2.05) is 11.8 Å². The number of benzene rings is 1. The highest BCUT2D eigenvalue weighted by molar-refractivity contribution is 8.00. The van der Waals surface area contributed by atoms with E-state index < -0.39 is 0 Å². The summed E-state index contributed by atoms with van der Waals surface area (Å²) in [5.41, 5.74) is 2.62. The van der Waals surface area contributed by atoms with Crippen molar-refractivity contribution in [2.24, 2.45) is 5.92 Å². The fourth-order valence-electron chi connectivity index (χ4n) is 4.74. The molecule has 1 aromatic carbocycles. The zero-order valence-electron chi connectivity index (χ0n) is 20.3. The van der Waals surface area contributed by atoms with Crippen LogP contribution in [0.1, 0.15) is 84.8 Å². The summed E-state index contributed by atoms with van der Waals surface area (Å²) in [6.45, 7) is 0. The van der Waals surface area contributed by atoms with E-state index in [0.717, 1.165) is 17.2 Å². The van der Waals surface area contributed by atoms with Crippen molar-refractivity contribution in [3.63, 3.8) is 0 Å². The van der Waals surface area contributed by atoms with E-state index >= 15 is 0 Å². The maximum absolute atomic E-state index is 13.5. The van der Waals surface area contributed by atoms with Gasteiger partial charge in [0.15, 0.2) is 5.82 Å². The summed E-state index contributed by atoms with van der Waals surface area (Å²) >= 11 is 1.98. The summed E-state index contributed by atoms with van der Waals surface area (Å²) in [5, 5.41) is 3.65. The van der Waals surface area contributed by atoms with Gasteiger partial charge in [-0.25, -0.2) is 9.97 Å². The summed E-state index contributed by atoms with van der Waals surface area (Å²) < 4.78 is 0. The maximum Gasteiger partial charge on any atom is 0.273 e. The van der Waals surface area contributed by atoms with E-state index in [-0.39, 0.29) is 35.1 Å². The topological polar surface area (TPSA) is 92.3 Å². The minimum absolute atomic E-state index is 0.144. The lowest BCUT2D eigenvalue weighted by molar-refractivity contribution is -0.119. The molecule has 7 nitrogen and oxygen atoms in total. The number of hydrogen-bond donors (Lipinski definition) is 1. The molecule has 0 spiro atoms. The van der Waals surface area contributed by atoms with Crippen LogP contribution in [-0.2, 0) is 9.59 Å². The molecule has 0 unspecified atom stereocenters. The quantitative estimate of drug-likeness (QED) is 0.541. The number of rotatable bonds is 9. The van der Waals surface area contributed by atoms with Crippen LogP contribution in [0.5, 0.6) is 0 Å². The predicted molar refractivity (Wildman–Crippen MR) is 136 cm³/mol. The summed E-state index contributed by atoms with van der Waals surface area (Å²) in [4.78, 5) is 48.8. The second-order valence-electron chi connectivity index (χ2n) is 10.3. The molecule has 1 heterocycles. The average Bonchev–Trinajstić information content (AvgIpc) is 3.78. The van der Waals surface area contributed by atoms with Crippen molar-refractivity contribution in [2.75, 3.05) is 19.4 Å². The van der Waals surface area contributed by atoms with Gasteiger partial charge < -0.3 is 10.2 Å². The zero-order chi connectivity index (χ0) is 24.5. The Hall–Kier alpha value is -2.74. The second-order valence-corrected chi connectivity index (χ2v) is 11.6. The summed E-state index contributed by atoms with van der Waals surface area (Å²) in [5.74, 6) is 0.672. The van der Waals surface area contributed by atoms with Crippen molar-refractivity contribution in [1.29, 1.82) is 0 Å². The first-order valence-corrected chi connectivity index (χ1v) is 13.4. The van der Waals surface area contributed by atoms with Crippen LogP contribution >= 0.6 is 11.8 Å². The zero-order valence-corrected chi connectivity index (χ0v) is 21.1. The third-order valence-electron chi connectivity index (χ3n) is 7.03. The van der Waals surface area contributed by atoms with Crippen LogP contribution in [0.25, 0.3) is 0 Å². The number of thioether (sulfide) groups is 1. The van der Waals surface area contributed by atoms with Crippen LogP contribution < -0.4 is 5.32 Å². The number of Topliss-reactive ketones (excluding diaryl/α,β-unsaturated/α-hetero) is 1. The van der Waals surface area contributed by atoms with Gasteiger partial charge in [-0.2, -0.15) is 0 Å². The Morgan fingerprint density at radius 1 is 1.11 bits per heavy atom. The third kappa shape index (κ3) is 5.92. The first kappa shape index (κ1) is 24.0. The fraction of sp³-hybridized carbons (Fsp3) is 0.519. The van der Waals surface area contributed by atoms with E-state index in [0.29, 0.717) is 31.0 Å². The monoisotopic (exact) mass is 492 g/mol. The molecule has 0 radical (unpaired) electrons. The predicted octanol–water partition coefficient (Wildman–Crippen LogP) is 4.79. The van der Waals surface area contributed by atoms with E-state index in [1.165, 1.54) is 53.4 Å². The minimum atomic E-state index is -0.367. The Morgan fingerprint density at radius 2 is 1.91 bits per heavy atom. The van der Waals surface area contributed by atoms with Crippen LogP contribution in [0.2, 0.25) is 0 Å². The molecule has 0 saturated heterocycles. The Bertz CT molecular complexity index is 1130. The molecule has 1 aromatic heterocycles. The molecule has 0 bridgehead atoms. The van der Waals surface area contributed by atoms with E-state index in [9.17, 15) is 14.4 Å². The molecule has 8 heteroatoms. The van der Waals surface area contributed by atoms with E-state index in [2.05, 4.69) is 33.5 Å². The van der Waals surface area contributed by atoms with E-state index in [4.69, 9.17) is 0 Å². The van der Waals surface area contributed by atoms with Gasteiger partial charge in [0, 0.05) is 37.1 Å². The van der Waals surface area contributed by atoms with Gasteiger partial charge >= 0.3 is 0 Å². The van der Waals surface area contributed by atoms with Crippen molar-refractivity contribution in [3.8, 4) is 0 Å². The molecular formula is C27H32N4O3S. The molecular weight excluding hydrogens is 460 g/mol. The first-order valence-electron chi connectivity index (χ1n) is 12.5. The number of hydrogen-bond acceptors (Lipinski definition) is 6. The van der Waals surface area contributed by atoms with Crippen LogP contribution in [0.3, 0.4) is 0 Å². The number of aromatic nitrogens is 2. The lowest BCUT2D eigenvalue weighted by Gasteiger charge is -2.22. The van der Waals surface area contributed by atoms with Gasteiger partial charge in [-0.3, -0.25) is 14.4 Å². The van der Waals surface area contributed by atoms with Gasteiger partial charge in [-0.05, 0) is 67.6 Å². The highest BCUT2D eigenvalue weighted by Crippen LogP contribution is 2.49. The number of nitrogens with zero attached hydrogens (tertiary/aromatic N) is 3. The molecule has 2 amide bonds. The summed E-state index contributed by atoms with van der Waals surface area (Å²) in [6, 6.07) is 6.55. The van der Waals surface area contributed by atoms with Crippen LogP contribution in [0.4, 0.5) is 5.82 Å². The number of carbonyl (C=O) groups is 3. The van der Waals surface area contributed by atoms with E-state index in [1.54, 1.807) is 14.1 Å². The van der Waals surface area contributed by atoms with Gasteiger partial charge in [0.2, 0.25) is 5.91 Å². The molecule has 35 heavy (non-hydrogen) atoms. The molecule has 0 aliphatic heterocycles. The van der Waals surface area contributed by atoms with Crippen molar-refractivity contribution >= 4 is 35.2 Å². The van der Waals surface area contributed by atoms with Crippen LogP contribution in [-0.4, -0.2) is 51.8 Å². The Morgan fingerprint density at radius 3 is 2.51 bits per heavy atom.